The van der Waals surface area contributed by atoms with E-state index in [0.29, 0.717) is 18.3 Å². The Morgan fingerprint density at radius 3 is 2.71 bits per heavy atom. The quantitative estimate of drug-likeness (QED) is 0.602. The van der Waals surface area contributed by atoms with E-state index < -0.39 is 15.8 Å². The second-order valence-corrected chi connectivity index (χ2v) is 8.43. The molecular weight excluding hydrogens is 383 g/mol. The molecule has 8 heteroatoms. The number of benzene rings is 1. The summed E-state index contributed by atoms with van der Waals surface area (Å²) in [5.74, 6) is 0.621. The highest BCUT2D eigenvalue weighted by atomic mass is 32.2. The van der Waals surface area contributed by atoms with Crippen LogP contribution in [0.1, 0.15) is 12.8 Å². The van der Waals surface area contributed by atoms with Crippen LogP contribution >= 0.6 is 0 Å². The number of aromatic nitrogens is 2. The first-order chi connectivity index (χ1) is 13.5. The van der Waals surface area contributed by atoms with Crippen LogP contribution in [-0.4, -0.2) is 31.1 Å². The minimum atomic E-state index is -3.97. The molecule has 1 aromatic carbocycles. The maximum atomic E-state index is 14.9. The molecule has 0 radical (unpaired) electrons. The third-order valence-electron chi connectivity index (χ3n) is 4.60. The van der Waals surface area contributed by atoms with Crippen molar-refractivity contribution in [1.29, 1.82) is 0 Å². The predicted molar refractivity (Wildman–Crippen MR) is 101 cm³/mol. The Morgan fingerprint density at radius 1 is 1.25 bits per heavy atom. The molecule has 6 nitrogen and oxygen atoms in total. The van der Waals surface area contributed by atoms with Crippen molar-refractivity contribution in [3.05, 3.63) is 60.8 Å². The highest BCUT2D eigenvalue weighted by Gasteiger charge is 2.26. The van der Waals surface area contributed by atoms with E-state index in [0.717, 1.165) is 16.8 Å². The molecule has 0 N–H and O–H groups in total. The molecule has 2 heterocycles. The van der Waals surface area contributed by atoms with Crippen LogP contribution in [0.3, 0.4) is 0 Å². The number of ether oxygens (including phenoxy) is 2. The Hall–Kier alpha value is -2.87. The Balaban J connectivity index is 1.76. The van der Waals surface area contributed by atoms with E-state index in [2.05, 4.69) is 4.98 Å². The Labute approximate surface area is 162 Å². The standard InChI is InChI=1S/C20H19FN2O4S/c1-26-19-8-10-23(28(24,25)16-3-2-9-22-12-16)20(19)17-7-6-15(11-18(17)21)27-13-14-4-5-14/h2-3,6-12,14H,4-5,13H2,1H3. The first kappa shape index (κ1) is 18.5. The number of pyridine rings is 1. The molecule has 2 aromatic heterocycles. The fourth-order valence-corrected chi connectivity index (χ4v) is 4.22. The number of hydrogen-bond acceptors (Lipinski definition) is 5. The fraction of sp³-hybridized carbons (Fsp3) is 0.250. The van der Waals surface area contributed by atoms with Crippen molar-refractivity contribution in [2.75, 3.05) is 13.7 Å². The van der Waals surface area contributed by atoms with Gasteiger partial charge in [-0.25, -0.2) is 16.8 Å². The van der Waals surface area contributed by atoms with Gasteiger partial charge in [-0.15, -0.1) is 0 Å². The molecule has 1 aliphatic rings. The first-order valence-electron chi connectivity index (χ1n) is 8.84. The zero-order valence-electron chi connectivity index (χ0n) is 15.2. The highest BCUT2D eigenvalue weighted by molar-refractivity contribution is 7.90. The maximum Gasteiger partial charge on any atom is 0.269 e. The second-order valence-electron chi connectivity index (χ2n) is 6.62. The second kappa shape index (κ2) is 7.27. The molecule has 3 aromatic rings. The molecule has 0 unspecified atom stereocenters. The van der Waals surface area contributed by atoms with E-state index in [1.165, 1.54) is 56.0 Å². The van der Waals surface area contributed by atoms with Gasteiger partial charge in [-0.1, -0.05) is 0 Å². The lowest BCUT2D eigenvalue weighted by Crippen LogP contribution is -2.14. The SMILES string of the molecule is COc1ccn(S(=O)(=O)c2cccnc2)c1-c1ccc(OCC2CC2)cc1F. The van der Waals surface area contributed by atoms with Crippen molar-refractivity contribution in [1.82, 2.24) is 8.96 Å². The minimum absolute atomic E-state index is 0.000650. The summed E-state index contributed by atoms with van der Waals surface area (Å²) < 4.78 is 52.9. The number of halogens is 1. The van der Waals surface area contributed by atoms with Gasteiger partial charge in [0.25, 0.3) is 10.0 Å². The van der Waals surface area contributed by atoms with Gasteiger partial charge in [0.05, 0.1) is 13.7 Å². The van der Waals surface area contributed by atoms with E-state index in [9.17, 15) is 12.8 Å². The molecule has 146 valence electrons. The summed E-state index contributed by atoms with van der Waals surface area (Å²) in [5, 5.41) is 0. The van der Waals surface area contributed by atoms with Gasteiger partial charge in [0.1, 0.15) is 27.9 Å². The van der Waals surface area contributed by atoms with Crippen LogP contribution in [-0.2, 0) is 10.0 Å². The van der Waals surface area contributed by atoms with Crippen LogP contribution in [0.2, 0.25) is 0 Å². The van der Waals surface area contributed by atoms with Crippen LogP contribution in [0.4, 0.5) is 4.39 Å². The number of rotatable bonds is 7. The molecule has 1 fully saturated rings. The van der Waals surface area contributed by atoms with Gasteiger partial charge in [0, 0.05) is 30.2 Å². The summed E-state index contributed by atoms with van der Waals surface area (Å²) in [7, 11) is -2.56. The summed E-state index contributed by atoms with van der Waals surface area (Å²) in [5.41, 5.74) is 0.214. The van der Waals surface area contributed by atoms with Crippen molar-refractivity contribution in [3.63, 3.8) is 0 Å². The summed E-state index contributed by atoms with van der Waals surface area (Å²) in [6.45, 7) is 0.563. The molecule has 0 bridgehead atoms. The van der Waals surface area contributed by atoms with E-state index in [4.69, 9.17) is 9.47 Å². The van der Waals surface area contributed by atoms with E-state index >= 15 is 0 Å². The van der Waals surface area contributed by atoms with Gasteiger partial charge < -0.3 is 9.47 Å². The van der Waals surface area contributed by atoms with Crippen molar-refractivity contribution < 1.29 is 22.3 Å². The van der Waals surface area contributed by atoms with Crippen molar-refractivity contribution in [2.24, 2.45) is 5.92 Å². The van der Waals surface area contributed by atoms with Crippen LogP contribution in [0, 0.1) is 11.7 Å². The van der Waals surface area contributed by atoms with Crippen molar-refractivity contribution >= 4 is 10.0 Å². The van der Waals surface area contributed by atoms with E-state index in [1.807, 2.05) is 0 Å². The van der Waals surface area contributed by atoms with E-state index in [-0.39, 0.29) is 21.9 Å². The third kappa shape index (κ3) is 3.47. The predicted octanol–water partition coefficient (Wildman–Crippen LogP) is 3.72. The molecule has 0 aliphatic heterocycles. The van der Waals surface area contributed by atoms with Crippen LogP contribution < -0.4 is 9.47 Å². The molecule has 0 saturated heterocycles. The van der Waals surface area contributed by atoms with Gasteiger partial charge in [-0.05, 0) is 49.1 Å². The maximum absolute atomic E-state index is 14.9. The van der Waals surface area contributed by atoms with E-state index in [1.54, 1.807) is 6.07 Å². The molecular formula is C20H19FN2O4S. The van der Waals surface area contributed by atoms with Gasteiger partial charge in [-0.2, -0.15) is 0 Å². The largest absolute Gasteiger partial charge is 0.494 e. The number of nitrogens with zero attached hydrogens (tertiary/aromatic N) is 2. The molecule has 28 heavy (non-hydrogen) atoms. The van der Waals surface area contributed by atoms with Gasteiger partial charge >= 0.3 is 0 Å². The summed E-state index contributed by atoms with van der Waals surface area (Å²) in [6, 6.07) is 8.86. The minimum Gasteiger partial charge on any atom is -0.494 e. The smallest absolute Gasteiger partial charge is 0.269 e. The lowest BCUT2D eigenvalue weighted by molar-refractivity contribution is 0.298. The number of hydrogen-bond donors (Lipinski definition) is 0. The molecule has 4 rings (SSSR count). The Kier molecular flexibility index (Phi) is 4.80. The molecule has 0 atom stereocenters. The zero-order chi connectivity index (χ0) is 19.7. The highest BCUT2D eigenvalue weighted by Crippen LogP contribution is 2.37. The fourth-order valence-electron chi connectivity index (χ4n) is 2.90. The van der Waals surface area contributed by atoms with Crippen LogP contribution in [0.25, 0.3) is 11.3 Å². The summed E-state index contributed by atoms with van der Waals surface area (Å²) in [6.07, 6.45) is 6.34. The monoisotopic (exact) mass is 402 g/mol. The normalized spacial score (nSPS) is 14.1. The Bertz CT molecular complexity index is 1090. The first-order valence-corrected chi connectivity index (χ1v) is 10.3. The topological polar surface area (TPSA) is 70.4 Å². The number of methoxy groups -OCH3 is 1. The average Bonchev–Trinajstić information content (AvgIpc) is 3.43. The lowest BCUT2D eigenvalue weighted by atomic mass is 10.1. The van der Waals surface area contributed by atoms with Crippen molar-refractivity contribution in [2.45, 2.75) is 17.7 Å². The molecule has 1 saturated carbocycles. The average molecular weight is 402 g/mol. The van der Waals surface area contributed by atoms with Gasteiger partial charge in [-0.3, -0.25) is 4.98 Å². The van der Waals surface area contributed by atoms with Crippen LogP contribution in [0.15, 0.2) is 59.9 Å². The molecule has 0 amide bonds. The third-order valence-corrected chi connectivity index (χ3v) is 6.26. The van der Waals surface area contributed by atoms with Gasteiger partial charge in [0.2, 0.25) is 0 Å². The van der Waals surface area contributed by atoms with Crippen LogP contribution in [0.5, 0.6) is 11.5 Å². The van der Waals surface area contributed by atoms with Gasteiger partial charge in [0.15, 0.2) is 0 Å². The zero-order valence-corrected chi connectivity index (χ0v) is 16.0. The summed E-state index contributed by atoms with van der Waals surface area (Å²) in [4.78, 5) is 3.86. The lowest BCUT2D eigenvalue weighted by Gasteiger charge is -2.13. The van der Waals surface area contributed by atoms with Crippen molar-refractivity contribution in [3.8, 4) is 22.8 Å². The molecule has 1 aliphatic carbocycles. The molecule has 0 spiro atoms. The summed E-state index contributed by atoms with van der Waals surface area (Å²) >= 11 is 0. The Morgan fingerprint density at radius 2 is 2.07 bits per heavy atom.